The van der Waals surface area contributed by atoms with Crippen molar-refractivity contribution in [2.75, 3.05) is 6.54 Å². The maximum absolute atomic E-state index is 4.26. The van der Waals surface area contributed by atoms with Crippen LogP contribution in [-0.2, 0) is 6.54 Å². The molecule has 0 spiro atoms. The fraction of sp³-hybridized carbons (Fsp3) is 0.417. The molecule has 0 aliphatic heterocycles. The van der Waals surface area contributed by atoms with Crippen LogP contribution < -0.4 is 5.32 Å². The zero-order valence-electron chi connectivity index (χ0n) is 10.1. The molecule has 0 aliphatic rings. The van der Waals surface area contributed by atoms with Gasteiger partial charge in [0.1, 0.15) is 10.0 Å². The Balaban J connectivity index is 2.10. The highest BCUT2D eigenvalue weighted by Gasteiger charge is 2.08. The molecule has 0 saturated carbocycles. The van der Waals surface area contributed by atoms with E-state index in [0.29, 0.717) is 0 Å². The fourth-order valence-corrected chi connectivity index (χ4v) is 2.40. The molecule has 90 valence electrons. The molecular formula is C12H16N4S. The molecule has 0 amide bonds. The second-order valence-electron chi connectivity index (χ2n) is 3.81. The molecule has 0 aliphatic carbocycles. The molecule has 2 aromatic heterocycles. The van der Waals surface area contributed by atoms with Crippen LogP contribution in [0.4, 0.5) is 0 Å². The summed E-state index contributed by atoms with van der Waals surface area (Å²) >= 11 is 1.63. The van der Waals surface area contributed by atoms with Gasteiger partial charge in [0.2, 0.25) is 0 Å². The number of hydrogen-bond donors (Lipinski definition) is 1. The van der Waals surface area contributed by atoms with Gasteiger partial charge in [-0.15, -0.1) is 10.2 Å². The minimum atomic E-state index is 0.796. The van der Waals surface area contributed by atoms with Crippen molar-refractivity contribution in [1.29, 1.82) is 0 Å². The highest BCUT2D eigenvalue weighted by molar-refractivity contribution is 7.14. The molecule has 1 N–H and O–H groups in total. The Morgan fingerprint density at radius 2 is 2.24 bits per heavy atom. The number of hydrogen-bond acceptors (Lipinski definition) is 5. The first kappa shape index (κ1) is 12.1. The molecule has 17 heavy (non-hydrogen) atoms. The summed E-state index contributed by atoms with van der Waals surface area (Å²) in [6, 6.07) is 3.96. The SMILES string of the molecule is CCCNCc1nnc(-c2cccnc2C)s1. The van der Waals surface area contributed by atoms with Crippen molar-refractivity contribution >= 4 is 11.3 Å². The molecule has 0 atom stereocenters. The van der Waals surface area contributed by atoms with Crippen LogP contribution >= 0.6 is 11.3 Å². The summed E-state index contributed by atoms with van der Waals surface area (Å²) in [5.41, 5.74) is 2.07. The average molecular weight is 248 g/mol. The Morgan fingerprint density at radius 1 is 1.35 bits per heavy atom. The van der Waals surface area contributed by atoms with E-state index in [0.717, 1.165) is 40.8 Å². The maximum atomic E-state index is 4.26. The normalized spacial score (nSPS) is 10.7. The highest BCUT2D eigenvalue weighted by atomic mass is 32.1. The number of aromatic nitrogens is 3. The second-order valence-corrected chi connectivity index (χ2v) is 4.88. The Labute approximate surface area is 105 Å². The van der Waals surface area contributed by atoms with Gasteiger partial charge < -0.3 is 5.32 Å². The van der Waals surface area contributed by atoms with Gasteiger partial charge in [0.05, 0.1) is 0 Å². The third kappa shape index (κ3) is 3.08. The van der Waals surface area contributed by atoms with Gasteiger partial charge in [-0.1, -0.05) is 18.3 Å². The average Bonchev–Trinajstić information content (AvgIpc) is 2.79. The van der Waals surface area contributed by atoms with Crippen molar-refractivity contribution in [3.8, 4) is 10.6 Å². The van der Waals surface area contributed by atoms with Gasteiger partial charge in [-0.2, -0.15) is 0 Å². The lowest BCUT2D eigenvalue weighted by molar-refractivity contribution is 0.668. The topological polar surface area (TPSA) is 50.7 Å². The molecule has 0 fully saturated rings. The Hall–Kier alpha value is -1.33. The first-order valence-corrected chi connectivity index (χ1v) is 6.58. The Kier molecular flexibility index (Phi) is 4.17. The van der Waals surface area contributed by atoms with Crippen LogP contribution in [0.1, 0.15) is 24.0 Å². The van der Waals surface area contributed by atoms with Crippen LogP contribution in [-0.4, -0.2) is 21.7 Å². The van der Waals surface area contributed by atoms with Gasteiger partial charge >= 0.3 is 0 Å². The minimum absolute atomic E-state index is 0.796. The zero-order chi connectivity index (χ0) is 12.1. The quantitative estimate of drug-likeness (QED) is 0.826. The smallest absolute Gasteiger partial charge is 0.149 e. The Bertz CT molecular complexity index is 481. The summed E-state index contributed by atoms with van der Waals surface area (Å²) in [7, 11) is 0. The van der Waals surface area contributed by atoms with E-state index in [4.69, 9.17) is 0 Å². The van der Waals surface area contributed by atoms with E-state index in [1.165, 1.54) is 0 Å². The van der Waals surface area contributed by atoms with Crippen LogP contribution in [0.2, 0.25) is 0 Å². The van der Waals surface area contributed by atoms with Gasteiger partial charge in [0.25, 0.3) is 0 Å². The summed E-state index contributed by atoms with van der Waals surface area (Å²) in [5.74, 6) is 0. The second kappa shape index (κ2) is 5.84. The lowest BCUT2D eigenvalue weighted by Crippen LogP contribution is -2.13. The number of nitrogens with zero attached hydrogens (tertiary/aromatic N) is 3. The Morgan fingerprint density at radius 3 is 3.00 bits per heavy atom. The lowest BCUT2D eigenvalue weighted by Gasteiger charge is -1.98. The van der Waals surface area contributed by atoms with E-state index in [1.54, 1.807) is 17.5 Å². The van der Waals surface area contributed by atoms with Crippen molar-refractivity contribution in [3.63, 3.8) is 0 Å². The molecule has 4 nitrogen and oxygen atoms in total. The zero-order valence-corrected chi connectivity index (χ0v) is 10.9. The number of rotatable bonds is 5. The predicted octanol–water partition coefficient (Wildman–Crippen LogP) is 2.41. The number of pyridine rings is 1. The van der Waals surface area contributed by atoms with Crippen LogP contribution in [0.25, 0.3) is 10.6 Å². The molecule has 5 heteroatoms. The molecule has 0 saturated heterocycles. The summed E-state index contributed by atoms with van der Waals surface area (Å²) in [5, 5.41) is 13.7. The third-order valence-electron chi connectivity index (χ3n) is 2.41. The van der Waals surface area contributed by atoms with Crippen molar-refractivity contribution < 1.29 is 0 Å². The van der Waals surface area contributed by atoms with E-state index < -0.39 is 0 Å². The first-order valence-electron chi connectivity index (χ1n) is 5.76. The molecule has 0 radical (unpaired) electrons. The number of nitrogens with one attached hydrogen (secondary N) is 1. The molecular weight excluding hydrogens is 232 g/mol. The molecule has 0 unspecified atom stereocenters. The minimum Gasteiger partial charge on any atom is -0.310 e. The van der Waals surface area contributed by atoms with Crippen LogP contribution in [0, 0.1) is 6.92 Å². The molecule has 0 aromatic carbocycles. The molecule has 0 bridgehead atoms. The summed E-state index contributed by atoms with van der Waals surface area (Å²) < 4.78 is 0. The largest absolute Gasteiger partial charge is 0.310 e. The maximum Gasteiger partial charge on any atom is 0.149 e. The van der Waals surface area contributed by atoms with E-state index >= 15 is 0 Å². The van der Waals surface area contributed by atoms with Crippen LogP contribution in [0.3, 0.4) is 0 Å². The number of aryl methyl sites for hydroxylation is 1. The van der Waals surface area contributed by atoms with Crippen molar-refractivity contribution in [2.24, 2.45) is 0 Å². The van der Waals surface area contributed by atoms with Gasteiger partial charge in [-0.25, -0.2) is 0 Å². The lowest BCUT2D eigenvalue weighted by atomic mass is 10.2. The van der Waals surface area contributed by atoms with Gasteiger partial charge in [0, 0.05) is 24.0 Å². The van der Waals surface area contributed by atoms with Crippen molar-refractivity contribution in [1.82, 2.24) is 20.5 Å². The molecule has 2 aromatic rings. The van der Waals surface area contributed by atoms with E-state index in [9.17, 15) is 0 Å². The van der Waals surface area contributed by atoms with Gasteiger partial charge in [0.15, 0.2) is 0 Å². The van der Waals surface area contributed by atoms with Crippen molar-refractivity contribution in [2.45, 2.75) is 26.8 Å². The molecule has 2 rings (SSSR count). The highest BCUT2D eigenvalue weighted by Crippen LogP contribution is 2.24. The fourth-order valence-electron chi connectivity index (χ4n) is 1.52. The third-order valence-corrected chi connectivity index (χ3v) is 3.36. The van der Waals surface area contributed by atoms with Gasteiger partial charge in [-0.05, 0) is 32.0 Å². The summed E-state index contributed by atoms with van der Waals surface area (Å²) in [6.45, 7) is 5.95. The molecule has 2 heterocycles. The summed E-state index contributed by atoms with van der Waals surface area (Å²) in [6.07, 6.45) is 2.93. The van der Waals surface area contributed by atoms with Crippen LogP contribution in [0.5, 0.6) is 0 Å². The van der Waals surface area contributed by atoms with Gasteiger partial charge in [-0.3, -0.25) is 4.98 Å². The first-order chi connectivity index (χ1) is 8.31. The predicted molar refractivity (Wildman–Crippen MR) is 69.9 cm³/mol. The van der Waals surface area contributed by atoms with Crippen LogP contribution in [0.15, 0.2) is 18.3 Å². The summed E-state index contributed by atoms with van der Waals surface area (Å²) in [4.78, 5) is 4.26. The van der Waals surface area contributed by atoms with E-state index in [1.807, 2.05) is 19.1 Å². The van der Waals surface area contributed by atoms with E-state index in [-0.39, 0.29) is 0 Å². The van der Waals surface area contributed by atoms with Crippen molar-refractivity contribution in [3.05, 3.63) is 29.0 Å². The standard InChI is InChI=1S/C12H16N4S/c1-3-6-13-8-11-15-16-12(17-11)10-5-4-7-14-9(10)2/h4-5,7,13H,3,6,8H2,1-2H3. The van der Waals surface area contributed by atoms with E-state index in [2.05, 4.69) is 27.4 Å². The monoisotopic (exact) mass is 248 g/mol.